The van der Waals surface area contributed by atoms with Crippen molar-refractivity contribution in [2.24, 2.45) is 17.8 Å². The molecule has 90 valence electrons. The number of rotatable bonds is 2. The zero-order chi connectivity index (χ0) is 11.7. The molecule has 2 fully saturated rings. The Balaban J connectivity index is 1.94. The molecule has 4 nitrogen and oxygen atoms in total. The first-order valence-corrected chi connectivity index (χ1v) is 6.11. The van der Waals surface area contributed by atoms with E-state index in [0.717, 1.165) is 19.3 Å². The molecule has 1 amide bonds. The SMILES string of the molecule is CC1CCCC1C(=O)N1CCC(C(=O)O)C1. The molecule has 0 radical (unpaired) electrons. The zero-order valence-electron chi connectivity index (χ0n) is 9.69. The minimum Gasteiger partial charge on any atom is -0.481 e. The average molecular weight is 225 g/mol. The molecule has 0 aromatic carbocycles. The van der Waals surface area contributed by atoms with Crippen LogP contribution in [-0.2, 0) is 9.59 Å². The van der Waals surface area contributed by atoms with Crippen LogP contribution in [0.3, 0.4) is 0 Å². The molecule has 1 aliphatic heterocycles. The van der Waals surface area contributed by atoms with E-state index < -0.39 is 5.97 Å². The van der Waals surface area contributed by atoms with Gasteiger partial charge in [-0.25, -0.2) is 0 Å². The lowest BCUT2D eigenvalue weighted by molar-refractivity contribution is -0.141. The molecule has 0 aromatic heterocycles. The van der Waals surface area contributed by atoms with Crippen molar-refractivity contribution in [1.29, 1.82) is 0 Å². The molecule has 1 saturated heterocycles. The summed E-state index contributed by atoms with van der Waals surface area (Å²) in [6.07, 6.45) is 3.86. The highest BCUT2D eigenvalue weighted by Gasteiger charge is 2.37. The molecule has 1 saturated carbocycles. The van der Waals surface area contributed by atoms with Crippen molar-refractivity contribution in [3.05, 3.63) is 0 Å². The van der Waals surface area contributed by atoms with E-state index in [4.69, 9.17) is 5.11 Å². The number of likely N-dealkylation sites (tertiary alicyclic amines) is 1. The summed E-state index contributed by atoms with van der Waals surface area (Å²) in [6, 6.07) is 0. The molecular formula is C12H19NO3. The molecule has 1 N–H and O–H groups in total. The van der Waals surface area contributed by atoms with Gasteiger partial charge in [-0.15, -0.1) is 0 Å². The highest BCUT2D eigenvalue weighted by atomic mass is 16.4. The molecule has 1 heterocycles. The van der Waals surface area contributed by atoms with Crippen molar-refractivity contribution in [3.63, 3.8) is 0 Å². The van der Waals surface area contributed by atoms with Crippen molar-refractivity contribution in [2.75, 3.05) is 13.1 Å². The van der Waals surface area contributed by atoms with Crippen LogP contribution in [0.4, 0.5) is 0 Å². The Morgan fingerprint density at radius 3 is 2.50 bits per heavy atom. The fraction of sp³-hybridized carbons (Fsp3) is 0.833. The van der Waals surface area contributed by atoms with Gasteiger partial charge in [-0.1, -0.05) is 13.3 Å². The summed E-state index contributed by atoms with van der Waals surface area (Å²) in [5, 5.41) is 8.89. The van der Waals surface area contributed by atoms with Gasteiger partial charge >= 0.3 is 5.97 Å². The van der Waals surface area contributed by atoms with Gasteiger partial charge in [0, 0.05) is 19.0 Å². The predicted octanol–water partition coefficient (Wildman–Crippen LogP) is 1.36. The molecule has 2 aliphatic rings. The second kappa shape index (κ2) is 4.44. The lowest BCUT2D eigenvalue weighted by atomic mass is 9.97. The Hall–Kier alpha value is -1.06. The fourth-order valence-corrected chi connectivity index (χ4v) is 2.91. The van der Waals surface area contributed by atoms with Gasteiger partial charge in [0.15, 0.2) is 0 Å². The summed E-state index contributed by atoms with van der Waals surface area (Å²) in [4.78, 5) is 24.7. The van der Waals surface area contributed by atoms with E-state index in [-0.39, 0.29) is 17.7 Å². The Kier molecular flexibility index (Phi) is 3.17. The number of nitrogens with zero attached hydrogens (tertiary/aromatic N) is 1. The van der Waals surface area contributed by atoms with Gasteiger partial charge in [0.25, 0.3) is 0 Å². The first kappa shape index (κ1) is 11.4. The van der Waals surface area contributed by atoms with E-state index in [1.54, 1.807) is 4.90 Å². The monoisotopic (exact) mass is 225 g/mol. The Morgan fingerprint density at radius 2 is 2.00 bits per heavy atom. The maximum atomic E-state index is 12.2. The summed E-state index contributed by atoms with van der Waals surface area (Å²) in [6.45, 7) is 3.16. The molecule has 16 heavy (non-hydrogen) atoms. The molecule has 0 spiro atoms. The lowest BCUT2D eigenvalue weighted by Gasteiger charge is -2.22. The number of carboxylic acids is 1. The summed E-state index contributed by atoms with van der Waals surface area (Å²) in [5.74, 6) is -0.312. The van der Waals surface area contributed by atoms with Crippen LogP contribution in [0.1, 0.15) is 32.6 Å². The zero-order valence-corrected chi connectivity index (χ0v) is 9.69. The van der Waals surface area contributed by atoms with Crippen LogP contribution in [0.25, 0.3) is 0 Å². The van der Waals surface area contributed by atoms with Crippen LogP contribution in [0.5, 0.6) is 0 Å². The second-order valence-electron chi connectivity index (χ2n) is 5.12. The topological polar surface area (TPSA) is 57.6 Å². The molecular weight excluding hydrogens is 206 g/mol. The van der Waals surface area contributed by atoms with E-state index in [1.807, 2.05) is 0 Å². The van der Waals surface area contributed by atoms with Gasteiger partial charge < -0.3 is 10.0 Å². The van der Waals surface area contributed by atoms with Crippen molar-refractivity contribution >= 4 is 11.9 Å². The number of amides is 1. The number of carboxylic acid groups (broad SMARTS) is 1. The standard InChI is InChI=1S/C12H19NO3/c1-8-3-2-4-10(8)11(14)13-6-5-9(7-13)12(15)16/h8-10H,2-7H2,1H3,(H,15,16). The van der Waals surface area contributed by atoms with Crippen LogP contribution in [0.2, 0.25) is 0 Å². The largest absolute Gasteiger partial charge is 0.481 e. The first-order chi connectivity index (χ1) is 7.59. The first-order valence-electron chi connectivity index (χ1n) is 6.11. The summed E-state index contributed by atoms with van der Waals surface area (Å²) >= 11 is 0. The normalized spacial score (nSPS) is 34.3. The Labute approximate surface area is 95.6 Å². The molecule has 2 rings (SSSR count). The van der Waals surface area contributed by atoms with Crippen LogP contribution >= 0.6 is 0 Å². The van der Waals surface area contributed by atoms with Crippen molar-refractivity contribution in [2.45, 2.75) is 32.6 Å². The highest BCUT2D eigenvalue weighted by molar-refractivity contribution is 5.81. The van der Waals surface area contributed by atoms with Gasteiger partial charge in [0.1, 0.15) is 0 Å². The van der Waals surface area contributed by atoms with E-state index in [0.29, 0.717) is 25.4 Å². The molecule has 0 aromatic rings. The minimum absolute atomic E-state index is 0.146. The maximum absolute atomic E-state index is 12.2. The Morgan fingerprint density at radius 1 is 1.25 bits per heavy atom. The number of hydrogen-bond acceptors (Lipinski definition) is 2. The number of aliphatic carboxylic acids is 1. The fourth-order valence-electron chi connectivity index (χ4n) is 2.91. The lowest BCUT2D eigenvalue weighted by Crippen LogP contribution is -2.36. The molecule has 4 heteroatoms. The van der Waals surface area contributed by atoms with E-state index in [9.17, 15) is 9.59 Å². The minimum atomic E-state index is -0.769. The van der Waals surface area contributed by atoms with Crippen LogP contribution in [0, 0.1) is 17.8 Å². The molecule has 3 atom stereocenters. The van der Waals surface area contributed by atoms with Crippen molar-refractivity contribution in [1.82, 2.24) is 4.90 Å². The molecule has 3 unspecified atom stereocenters. The van der Waals surface area contributed by atoms with E-state index >= 15 is 0 Å². The number of hydrogen-bond donors (Lipinski definition) is 1. The summed E-state index contributed by atoms with van der Waals surface area (Å²) < 4.78 is 0. The highest BCUT2D eigenvalue weighted by Crippen LogP contribution is 2.33. The third-order valence-corrected chi connectivity index (χ3v) is 4.03. The average Bonchev–Trinajstić information content (AvgIpc) is 2.84. The quantitative estimate of drug-likeness (QED) is 0.772. The molecule has 1 aliphatic carbocycles. The summed E-state index contributed by atoms with van der Waals surface area (Å²) in [7, 11) is 0. The van der Waals surface area contributed by atoms with E-state index in [1.165, 1.54) is 0 Å². The number of carbonyl (C=O) groups is 2. The Bertz CT molecular complexity index is 303. The third-order valence-electron chi connectivity index (χ3n) is 4.03. The predicted molar refractivity (Wildman–Crippen MR) is 58.8 cm³/mol. The van der Waals surface area contributed by atoms with Crippen molar-refractivity contribution in [3.8, 4) is 0 Å². The van der Waals surface area contributed by atoms with Crippen LogP contribution < -0.4 is 0 Å². The molecule has 0 bridgehead atoms. The van der Waals surface area contributed by atoms with Gasteiger partial charge in [0.05, 0.1) is 5.92 Å². The van der Waals surface area contributed by atoms with Gasteiger partial charge in [0.2, 0.25) is 5.91 Å². The van der Waals surface area contributed by atoms with E-state index in [2.05, 4.69) is 6.92 Å². The smallest absolute Gasteiger partial charge is 0.308 e. The number of carbonyl (C=O) groups excluding carboxylic acids is 1. The van der Waals surface area contributed by atoms with Crippen molar-refractivity contribution < 1.29 is 14.7 Å². The maximum Gasteiger partial charge on any atom is 0.308 e. The van der Waals surface area contributed by atoms with Crippen LogP contribution in [-0.4, -0.2) is 35.0 Å². The van der Waals surface area contributed by atoms with Gasteiger partial charge in [-0.2, -0.15) is 0 Å². The third kappa shape index (κ3) is 2.06. The van der Waals surface area contributed by atoms with Crippen LogP contribution in [0.15, 0.2) is 0 Å². The van der Waals surface area contributed by atoms with Gasteiger partial charge in [-0.05, 0) is 25.2 Å². The van der Waals surface area contributed by atoms with Gasteiger partial charge in [-0.3, -0.25) is 9.59 Å². The summed E-state index contributed by atoms with van der Waals surface area (Å²) in [5.41, 5.74) is 0. The second-order valence-corrected chi connectivity index (χ2v) is 5.12.